The van der Waals surface area contributed by atoms with Crippen LogP contribution in [0.3, 0.4) is 0 Å². The summed E-state index contributed by atoms with van der Waals surface area (Å²) in [6.45, 7) is 4.02. The lowest BCUT2D eigenvalue weighted by Gasteiger charge is -2.26. The molecular weight excluding hydrogens is 174 g/mol. The van der Waals surface area contributed by atoms with Crippen LogP contribution in [0.25, 0.3) is 0 Å². The van der Waals surface area contributed by atoms with Crippen molar-refractivity contribution in [3.05, 3.63) is 0 Å². The largest absolute Gasteiger partial charge is 0.367 e. The summed E-state index contributed by atoms with van der Waals surface area (Å²) in [4.78, 5) is 6.32. The fourth-order valence-corrected chi connectivity index (χ4v) is 1.86. The van der Waals surface area contributed by atoms with Crippen LogP contribution in [0.5, 0.6) is 0 Å². The first kappa shape index (κ1) is 7.75. The van der Waals surface area contributed by atoms with Crippen molar-refractivity contribution in [3.8, 4) is 0 Å². The first-order valence-electron chi connectivity index (χ1n) is 3.91. The van der Waals surface area contributed by atoms with Crippen LogP contribution in [0.15, 0.2) is 0 Å². The van der Waals surface area contributed by atoms with Gasteiger partial charge in [0.15, 0.2) is 0 Å². The number of nitrogen functional groups attached to an aromatic ring is 1. The zero-order chi connectivity index (χ0) is 8.39. The SMILES string of the molecule is Nc1nsc(N2CCNCC2)n1. The molecule has 6 heteroatoms. The molecule has 12 heavy (non-hydrogen) atoms. The molecule has 1 aliphatic heterocycles. The van der Waals surface area contributed by atoms with E-state index in [1.807, 2.05) is 0 Å². The van der Waals surface area contributed by atoms with Gasteiger partial charge >= 0.3 is 0 Å². The van der Waals surface area contributed by atoms with Crippen LogP contribution in [0.2, 0.25) is 0 Å². The Kier molecular flexibility index (Phi) is 2.09. The maximum absolute atomic E-state index is 5.43. The van der Waals surface area contributed by atoms with Crippen molar-refractivity contribution in [2.24, 2.45) is 0 Å². The molecule has 0 unspecified atom stereocenters. The van der Waals surface area contributed by atoms with E-state index in [1.54, 1.807) is 0 Å². The highest BCUT2D eigenvalue weighted by Gasteiger charge is 2.13. The smallest absolute Gasteiger partial charge is 0.233 e. The lowest BCUT2D eigenvalue weighted by atomic mass is 10.4. The van der Waals surface area contributed by atoms with Crippen molar-refractivity contribution >= 4 is 22.6 Å². The molecule has 1 saturated heterocycles. The van der Waals surface area contributed by atoms with Crippen molar-refractivity contribution in [1.29, 1.82) is 0 Å². The van der Waals surface area contributed by atoms with Crippen LogP contribution in [0.1, 0.15) is 0 Å². The van der Waals surface area contributed by atoms with E-state index >= 15 is 0 Å². The zero-order valence-electron chi connectivity index (χ0n) is 6.66. The highest BCUT2D eigenvalue weighted by Crippen LogP contribution is 2.17. The number of nitrogens with zero attached hydrogens (tertiary/aromatic N) is 3. The Labute approximate surface area is 74.8 Å². The van der Waals surface area contributed by atoms with Gasteiger partial charge in [0.05, 0.1) is 0 Å². The lowest BCUT2D eigenvalue weighted by molar-refractivity contribution is 0.588. The molecule has 5 nitrogen and oxygen atoms in total. The van der Waals surface area contributed by atoms with Gasteiger partial charge in [-0.3, -0.25) is 0 Å². The molecular formula is C6H11N5S. The minimum atomic E-state index is 0.383. The van der Waals surface area contributed by atoms with E-state index in [2.05, 4.69) is 19.6 Å². The molecule has 1 aromatic heterocycles. The molecule has 3 N–H and O–H groups in total. The van der Waals surface area contributed by atoms with E-state index in [0.717, 1.165) is 31.3 Å². The molecule has 1 fully saturated rings. The minimum Gasteiger partial charge on any atom is -0.367 e. The van der Waals surface area contributed by atoms with Gasteiger partial charge in [0.1, 0.15) is 0 Å². The molecule has 0 radical (unpaired) electrons. The van der Waals surface area contributed by atoms with Crippen molar-refractivity contribution in [2.45, 2.75) is 0 Å². The van der Waals surface area contributed by atoms with Crippen molar-refractivity contribution in [1.82, 2.24) is 14.7 Å². The van der Waals surface area contributed by atoms with Gasteiger partial charge in [-0.2, -0.15) is 9.36 Å². The third kappa shape index (κ3) is 1.49. The summed E-state index contributed by atoms with van der Waals surface area (Å²) in [5.74, 6) is 0.383. The topological polar surface area (TPSA) is 67.1 Å². The number of piperazine rings is 1. The zero-order valence-corrected chi connectivity index (χ0v) is 7.47. The Hall–Kier alpha value is -0.880. The van der Waals surface area contributed by atoms with E-state index in [0.29, 0.717) is 5.95 Å². The van der Waals surface area contributed by atoms with Crippen LogP contribution in [0.4, 0.5) is 11.1 Å². The molecule has 0 bridgehead atoms. The van der Waals surface area contributed by atoms with E-state index in [-0.39, 0.29) is 0 Å². The fourth-order valence-electron chi connectivity index (χ4n) is 1.21. The highest BCUT2D eigenvalue weighted by atomic mass is 32.1. The van der Waals surface area contributed by atoms with Gasteiger partial charge in [0, 0.05) is 37.7 Å². The number of hydrogen-bond acceptors (Lipinski definition) is 6. The number of rotatable bonds is 1. The second-order valence-corrected chi connectivity index (χ2v) is 3.40. The summed E-state index contributed by atoms with van der Waals surface area (Å²) in [5.41, 5.74) is 5.43. The number of anilines is 2. The molecule has 1 aromatic rings. The molecule has 0 amide bonds. The molecule has 0 aromatic carbocycles. The quantitative estimate of drug-likeness (QED) is 0.619. The first-order valence-corrected chi connectivity index (χ1v) is 4.68. The number of nitrogens with one attached hydrogen (secondary N) is 1. The maximum Gasteiger partial charge on any atom is 0.233 e. The summed E-state index contributed by atoms with van der Waals surface area (Å²) < 4.78 is 3.94. The van der Waals surface area contributed by atoms with Gasteiger partial charge < -0.3 is 16.0 Å². The summed E-state index contributed by atoms with van der Waals surface area (Å²) in [6.07, 6.45) is 0. The van der Waals surface area contributed by atoms with Crippen molar-refractivity contribution in [2.75, 3.05) is 36.8 Å². The van der Waals surface area contributed by atoms with Crippen molar-refractivity contribution < 1.29 is 0 Å². The van der Waals surface area contributed by atoms with Crippen LogP contribution >= 0.6 is 11.5 Å². The summed E-state index contributed by atoms with van der Waals surface area (Å²) >= 11 is 1.37. The Bertz CT molecular complexity index is 254. The van der Waals surface area contributed by atoms with E-state index in [9.17, 15) is 0 Å². The summed E-state index contributed by atoms with van der Waals surface area (Å²) in [5, 5.41) is 4.21. The molecule has 0 saturated carbocycles. The number of nitrogens with two attached hydrogens (primary N) is 1. The standard InChI is InChI=1S/C6H11N5S/c7-5-9-6(12-10-5)11-3-1-8-2-4-11/h8H,1-4H2,(H2,7,10). The predicted octanol–water partition coefficient (Wildman–Crippen LogP) is -0.470. The Morgan fingerprint density at radius 3 is 2.75 bits per heavy atom. The first-order chi connectivity index (χ1) is 5.86. The number of aromatic nitrogens is 2. The van der Waals surface area contributed by atoms with Crippen LogP contribution in [-0.4, -0.2) is 35.5 Å². The fraction of sp³-hybridized carbons (Fsp3) is 0.667. The molecule has 66 valence electrons. The Balaban J connectivity index is 2.08. The highest BCUT2D eigenvalue weighted by molar-refractivity contribution is 7.09. The van der Waals surface area contributed by atoms with E-state index in [4.69, 9.17) is 5.73 Å². The van der Waals surface area contributed by atoms with Gasteiger partial charge in [-0.25, -0.2) is 0 Å². The maximum atomic E-state index is 5.43. The average molecular weight is 185 g/mol. The number of hydrogen-bond donors (Lipinski definition) is 2. The predicted molar refractivity (Wildman–Crippen MR) is 49.4 cm³/mol. The second-order valence-electron chi connectivity index (χ2n) is 2.67. The molecule has 0 atom stereocenters. The van der Waals surface area contributed by atoms with Gasteiger partial charge in [0.2, 0.25) is 11.1 Å². The monoisotopic (exact) mass is 185 g/mol. The van der Waals surface area contributed by atoms with Crippen LogP contribution < -0.4 is 16.0 Å². The summed E-state index contributed by atoms with van der Waals surface area (Å²) in [6, 6.07) is 0. The molecule has 0 aliphatic carbocycles. The summed E-state index contributed by atoms with van der Waals surface area (Å²) in [7, 11) is 0. The van der Waals surface area contributed by atoms with Crippen LogP contribution in [-0.2, 0) is 0 Å². The third-order valence-electron chi connectivity index (χ3n) is 1.82. The second kappa shape index (κ2) is 3.24. The van der Waals surface area contributed by atoms with E-state index in [1.165, 1.54) is 11.5 Å². The van der Waals surface area contributed by atoms with Gasteiger partial charge in [-0.1, -0.05) is 0 Å². The van der Waals surface area contributed by atoms with Gasteiger partial charge in [-0.15, -0.1) is 0 Å². The van der Waals surface area contributed by atoms with Gasteiger partial charge in [0.25, 0.3) is 0 Å². The normalized spacial score (nSPS) is 18.2. The lowest BCUT2D eigenvalue weighted by Crippen LogP contribution is -2.43. The molecule has 2 heterocycles. The minimum absolute atomic E-state index is 0.383. The average Bonchev–Trinajstić information content (AvgIpc) is 2.54. The molecule has 1 aliphatic rings. The van der Waals surface area contributed by atoms with Crippen LogP contribution in [0, 0.1) is 0 Å². The molecule has 0 spiro atoms. The van der Waals surface area contributed by atoms with Gasteiger partial charge in [-0.05, 0) is 0 Å². The molecule has 2 rings (SSSR count). The van der Waals surface area contributed by atoms with E-state index < -0.39 is 0 Å². The third-order valence-corrected chi connectivity index (χ3v) is 2.61. The Morgan fingerprint density at radius 1 is 1.42 bits per heavy atom. The van der Waals surface area contributed by atoms with Crippen molar-refractivity contribution in [3.63, 3.8) is 0 Å². The Morgan fingerprint density at radius 2 is 2.17 bits per heavy atom.